The molecule has 0 aliphatic carbocycles. The first-order chi connectivity index (χ1) is 12.4. The highest BCUT2D eigenvalue weighted by Gasteiger charge is 2.32. The Morgan fingerprint density at radius 2 is 1.88 bits per heavy atom. The zero-order valence-corrected chi connectivity index (χ0v) is 15.8. The van der Waals surface area contributed by atoms with Gasteiger partial charge < -0.3 is 14.6 Å². The molecule has 2 heterocycles. The lowest BCUT2D eigenvalue weighted by atomic mass is 10.1. The van der Waals surface area contributed by atoms with Crippen LogP contribution in [0.15, 0.2) is 47.1 Å². The molecular formula is C18H21ClN2O4S. The number of amides is 2. The van der Waals surface area contributed by atoms with E-state index in [4.69, 9.17) is 16.0 Å². The molecule has 2 aromatic rings. The van der Waals surface area contributed by atoms with E-state index in [-0.39, 0.29) is 11.8 Å². The van der Waals surface area contributed by atoms with E-state index in [1.165, 1.54) is 6.26 Å². The number of likely N-dealkylation sites (tertiary alicyclic amines) is 1. The van der Waals surface area contributed by atoms with Crippen LogP contribution in [-0.4, -0.2) is 37.7 Å². The zero-order valence-electron chi connectivity index (χ0n) is 14.2. The summed E-state index contributed by atoms with van der Waals surface area (Å²) in [6, 6.07) is 10.4. The highest BCUT2D eigenvalue weighted by Crippen LogP contribution is 2.22. The van der Waals surface area contributed by atoms with Crippen molar-refractivity contribution >= 4 is 27.5 Å². The van der Waals surface area contributed by atoms with Gasteiger partial charge in [0.15, 0.2) is 9.84 Å². The van der Waals surface area contributed by atoms with Crippen molar-refractivity contribution in [3.8, 4) is 0 Å². The molecule has 0 unspecified atom stereocenters. The van der Waals surface area contributed by atoms with E-state index in [2.05, 4.69) is 5.32 Å². The van der Waals surface area contributed by atoms with Gasteiger partial charge in [-0.05, 0) is 42.7 Å². The molecule has 1 fully saturated rings. The third-order valence-electron chi connectivity index (χ3n) is 4.52. The summed E-state index contributed by atoms with van der Waals surface area (Å²) in [4.78, 5) is 13.9. The monoisotopic (exact) mass is 396 g/mol. The summed E-state index contributed by atoms with van der Waals surface area (Å²) in [7, 11) is -3.28. The van der Waals surface area contributed by atoms with Crippen molar-refractivity contribution in [1.29, 1.82) is 0 Å². The number of carbonyl (C=O) groups excluding carboxylic acids is 1. The molecule has 6 nitrogen and oxygen atoms in total. The number of nitrogens with one attached hydrogen (secondary N) is 1. The number of sulfone groups is 1. The summed E-state index contributed by atoms with van der Waals surface area (Å²) in [6.45, 7) is 1.26. The molecule has 1 aromatic heterocycles. The number of rotatable bonds is 5. The Kier molecular flexibility index (Phi) is 5.88. The number of urea groups is 1. The van der Waals surface area contributed by atoms with Crippen molar-refractivity contribution < 1.29 is 17.6 Å². The SMILES string of the molecule is O=C(NCc1ccc(Cl)cc1)N1CCC(S(=O)(=O)Cc2ccco2)CC1. The van der Waals surface area contributed by atoms with Crippen LogP contribution in [0.25, 0.3) is 0 Å². The zero-order chi connectivity index (χ0) is 18.6. The van der Waals surface area contributed by atoms with Crippen molar-refractivity contribution in [1.82, 2.24) is 10.2 Å². The van der Waals surface area contributed by atoms with Crippen LogP contribution < -0.4 is 5.32 Å². The Hall–Kier alpha value is -1.99. The number of halogens is 1. The fraction of sp³-hybridized carbons (Fsp3) is 0.389. The minimum atomic E-state index is -3.28. The van der Waals surface area contributed by atoms with Gasteiger partial charge in [-0.1, -0.05) is 23.7 Å². The Morgan fingerprint density at radius 1 is 1.19 bits per heavy atom. The molecule has 8 heteroatoms. The number of nitrogens with zero attached hydrogens (tertiary/aromatic N) is 1. The van der Waals surface area contributed by atoms with Gasteiger partial charge in [0.05, 0.1) is 11.5 Å². The fourth-order valence-electron chi connectivity index (χ4n) is 3.02. The first kappa shape index (κ1) is 18.8. The lowest BCUT2D eigenvalue weighted by Crippen LogP contribution is -2.46. The third kappa shape index (κ3) is 4.80. The minimum absolute atomic E-state index is 0.0899. The largest absolute Gasteiger partial charge is 0.468 e. The van der Waals surface area contributed by atoms with Gasteiger partial charge in [0.2, 0.25) is 0 Å². The molecule has 0 saturated carbocycles. The average Bonchev–Trinajstić information content (AvgIpc) is 3.13. The Labute approximate surface area is 158 Å². The minimum Gasteiger partial charge on any atom is -0.468 e. The lowest BCUT2D eigenvalue weighted by molar-refractivity contribution is 0.186. The van der Waals surface area contributed by atoms with Gasteiger partial charge in [0.1, 0.15) is 11.5 Å². The van der Waals surface area contributed by atoms with E-state index in [0.29, 0.717) is 43.3 Å². The highest BCUT2D eigenvalue weighted by atomic mass is 35.5. The molecule has 0 bridgehead atoms. The third-order valence-corrected chi connectivity index (χ3v) is 6.94. The molecule has 0 atom stereocenters. The van der Waals surface area contributed by atoms with Crippen LogP contribution in [0.4, 0.5) is 4.79 Å². The molecule has 0 radical (unpaired) electrons. The topological polar surface area (TPSA) is 79.6 Å². The quantitative estimate of drug-likeness (QED) is 0.841. The standard InChI is InChI=1S/C18H21ClN2O4S/c19-15-5-3-14(4-6-15)12-20-18(22)21-9-7-17(8-10-21)26(23,24)13-16-2-1-11-25-16/h1-6,11,17H,7-10,12-13H2,(H,20,22). The van der Waals surface area contributed by atoms with E-state index in [9.17, 15) is 13.2 Å². The van der Waals surface area contributed by atoms with Gasteiger partial charge in [0, 0.05) is 24.7 Å². The van der Waals surface area contributed by atoms with Crippen LogP contribution in [0, 0.1) is 0 Å². The molecule has 0 spiro atoms. The van der Waals surface area contributed by atoms with Gasteiger partial charge in [-0.15, -0.1) is 0 Å². The van der Waals surface area contributed by atoms with Crippen molar-refractivity contribution in [2.45, 2.75) is 30.4 Å². The molecule has 1 aliphatic heterocycles. The van der Waals surface area contributed by atoms with E-state index >= 15 is 0 Å². The highest BCUT2D eigenvalue weighted by molar-refractivity contribution is 7.91. The van der Waals surface area contributed by atoms with Gasteiger partial charge >= 0.3 is 6.03 Å². The van der Waals surface area contributed by atoms with Crippen LogP contribution in [-0.2, 0) is 22.1 Å². The summed E-state index contributed by atoms with van der Waals surface area (Å²) in [6.07, 6.45) is 2.35. The number of hydrogen-bond acceptors (Lipinski definition) is 4. The Morgan fingerprint density at radius 3 is 2.50 bits per heavy atom. The summed E-state index contributed by atoms with van der Waals surface area (Å²) in [5, 5.41) is 3.07. The van der Waals surface area contributed by atoms with E-state index < -0.39 is 15.1 Å². The molecule has 1 saturated heterocycles. The van der Waals surface area contributed by atoms with Crippen LogP contribution in [0.2, 0.25) is 5.02 Å². The Bertz CT molecular complexity index is 827. The summed E-state index contributed by atoms with van der Waals surface area (Å²) < 4.78 is 30.1. The van der Waals surface area contributed by atoms with Crippen molar-refractivity contribution in [3.05, 3.63) is 59.0 Å². The molecule has 1 N–H and O–H groups in total. The van der Waals surface area contributed by atoms with Gasteiger partial charge in [-0.2, -0.15) is 0 Å². The second kappa shape index (κ2) is 8.14. The maximum Gasteiger partial charge on any atom is 0.317 e. The van der Waals surface area contributed by atoms with Crippen LogP contribution in [0.5, 0.6) is 0 Å². The first-order valence-electron chi connectivity index (χ1n) is 8.45. The summed E-state index contributed by atoms with van der Waals surface area (Å²) >= 11 is 5.84. The van der Waals surface area contributed by atoms with E-state index in [0.717, 1.165) is 5.56 Å². The molecule has 1 aliphatic rings. The van der Waals surface area contributed by atoms with Crippen LogP contribution >= 0.6 is 11.6 Å². The van der Waals surface area contributed by atoms with Crippen LogP contribution in [0.1, 0.15) is 24.2 Å². The molecular weight excluding hydrogens is 376 g/mol. The Balaban J connectivity index is 1.48. The van der Waals surface area contributed by atoms with Crippen molar-refractivity contribution in [2.24, 2.45) is 0 Å². The van der Waals surface area contributed by atoms with E-state index in [1.54, 1.807) is 29.2 Å². The molecule has 2 amide bonds. The molecule has 3 rings (SSSR count). The van der Waals surface area contributed by atoms with Gasteiger partial charge in [0.25, 0.3) is 0 Å². The van der Waals surface area contributed by atoms with Gasteiger partial charge in [-0.3, -0.25) is 0 Å². The summed E-state index contributed by atoms with van der Waals surface area (Å²) in [5.74, 6) is 0.362. The second-order valence-electron chi connectivity index (χ2n) is 6.36. The number of hydrogen-bond donors (Lipinski definition) is 1. The van der Waals surface area contributed by atoms with Crippen molar-refractivity contribution in [2.75, 3.05) is 13.1 Å². The number of carbonyl (C=O) groups is 1. The smallest absolute Gasteiger partial charge is 0.317 e. The van der Waals surface area contributed by atoms with Gasteiger partial charge in [-0.25, -0.2) is 13.2 Å². The summed E-state index contributed by atoms with van der Waals surface area (Å²) in [5.41, 5.74) is 0.957. The fourth-order valence-corrected chi connectivity index (χ4v) is 4.87. The number of furan rings is 1. The molecule has 26 heavy (non-hydrogen) atoms. The van der Waals surface area contributed by atoms with Crippen molar-refractivity contribution in [3.63, 3.8) is 0 Å². The maximum atomic E-state index is 12.5. The number of benzene rings is 1. The predicted octanol–water partition coefficient (Wildman–Crippen LogP) is 3.22. The van der Waals surface area contributed by atoms with E-state index in [1.807, 2.05) is 12.1 Å². The maximum absolute atomic E-state index is 12.5. The predicted molar refractivity (Wildman–Crippen MR) is 99.6 cm³/mol. The average molecular weight is 397 g/mol. The van der Waals surface area contributed by atoms with Crippen LogP contribution in [0.3, 0.4) is 0 Å². The second-order valence-corrected chi connectivity index (χ2v) is 9.08. The number of piperidine rings is 1. The normalized spacial score (nSPS) is 15.8. The molecule has 1 aromatic carbocycles. The first-order valence-corrected chi connectivity index (χ1v) is 10.5. The lowest BCUT2D eigenvalue weighted by Gasteiger charge is -2.31. The molecule has 140 valence electrons.